The van der Waals surface area contributed by atoms with E-state index in [1.165, 1.54) is 6.92 Å². The molecule has 0 saturated heterocycles. The Kier molecular flexibility index (Phi) is 1.66. The minimum absolute atomic E-state index is 0.0263. The first-order chi connectivity index (χ1) is 6.92. The predicted molar refractivity (Wildman–Crippen MR) is 44.9 cm³/mol. The standard InChI is InChI=1S/C6H7N5O4/c1-6(3(7)12)2-10-5(15-6)8-4(9-10)11(13)14/h2H2,1H3,(H2,7,12). The maximum absolute atomic E-state index is 11.0. The summed E-state index contributed by atoms with van der Waals surface area (Å²) < 4.78 is 6.24. The summed E-state index contributed by atoms with van der Waals surface area (Å²) in [6.07, 6.45) is 0. The van der Waals surface area contributed by atoms with Gasteiger partial charge in [0.15, 0.2) is 0 Å². The first kappa shape index (κ1) is 9.37. The summed E-state index contributed by atoms with van der Waals surface area (Å²) in [6.45, 7) is 1.50. The molecule has 1 amide bonds. The molecule has 0 radical (unpaired) electrons. The van der Waals surface area contributed by atoms with E-state index in [0.717, 1.165) is 4.68 Å². The number of ether oxygens (including phenoxy) is 1. The van der Waals surface area contributed by atoms with Gasteiger partial charge in [-0.25, -0.2) is 0 Å². The van der Waals surface area contributed by atoms with Crippen molar-refractivity contribution in [3.05, 3.63) is 10.1 Å². The Morgan fingerprint density at radius 2 is 2.47 bits per heavy atom. The van der Waals surface area contributed by atoms with Gasteiger partial charge in [0.2, 0.25) is 5.60 Å². The molecule has 0 spiro atoms. The van der Waals surface area contributed by atoms with Crippen LogP contribution in [0.2, 0.25) is 0 Å². The monoisotopic (exact) mass is 213 g/mol. The molecule has 1 aliphatic heterocycles. The smallest absolute Gasteiger partial charge is 0.432 e. The van der Waals surface area contributed by atoms with Crippen LogP contribution in [0, 0.1) is 10.1 Å². The third kappa shape index (κ3) is 1.28. The molecular weight excluding hydrogens is 206 g/mol. The van der Waals surface area contributed by atoms with E-state index in [-0.39, 0.29) is 12.6 Å². The lowest BCUT2D eigenvalue weighted by Gasteiger charge is -2.15. The highest BCUT2D eigenvalue weighted by Crippen LogP contribution is 2.28. The summed E-state index contributed by atoms with van der Waals surface area (Å²) in [7, 11) is 0. The fourth-order valence-corrected chi connectivity index (χ4v) is 1.22. The van der Waals surface area contributed by atoms with Crippen molar-refractivity contribution < 1.29 is 14.5 Å². The Morgan fingerprint density at radius 3 is 2.93 bits per heavy atom. The number of nitrogens with two attached hydrogens (primary N) is 1. The Balaban J connectivity index is 2.31. The van der Waals surface area contributed by atoms with Crippen LogP contribution in [0.25, 0.3) is 0 Å². The molecule has 80 valence electrons. The average molecular weight is 213 g/mol. The maximum atomic E-state index is 11.0. The number of hydrogen-bond acceptors (Lipinski definition) is 6. The van der Waals surface area contributed by atoms with Crippen LogP contribution in [-0.2, 0) is 11.3 Å². The fourth-order valence-electron chi connectivity index (χ4n) is 1.22. The zero-order chi connectivity index (χ0) is 11.2. The van der Waals surface area contributed by atoms with Gasteiger partial charge in [-0.1, -0.05) is 0 Å². The van der Waals surface area contributed by atoms with Crippen molar-refractivity contribution in [2.75, 3.05) is 0 Å². The molecule has 1 atom stereocenters. The normalized spacial score (nSPS) is 23.3. The summed E-state index contributed by atoms with van der Waals surface area (Å²) in [6, 6.07) is -0.0667. The number of nitrogens with zero attached hydrogens (tertiary/aromatic N) is 4. The van der Waals surface area contributed by atoms with E-state index >= 15 is 0 Å². The summed E-state index contributed by atoms with van der Waals surface area (Å²) in [5.74, 6) is -1.23. The predicted octanol–water partition coefficient (Wildman–Crippen LogP) is -1.18. The molecule has 1 unspecified atom stereocenters. The van der Waals surface area contributed by atoms with E-state index < -0.39 is 22.4 Å². The van der Waals surface area contributed by atoms with E-state index in [1.54, 1.807) is 0 Å². The van der Waals surface area contributed by atoms with Gasteiger partial charge in [-0.15, -0.1) is 4.68 Å². The second kappa shape index (κ2) is 2.65. The summed E-state index contributed by atoms with van der Waals surface area (Å²) in [5, 5.41) is 13.9. The average Bonchev–Trinajstić information content (AvgIpc) is 2.59. The van der Waals surface area contributed by atoms with Crippen molar-refractivity contribution >= 4 is 11.9 Å². The van der Waals surface area contributed by atoms with Crippen molar-refractivity contribution in [3.8, 4) is 6.01 Å². The van der Waals surface area contributed by atoms with Gasteiger partial charge in [-0.2, -0.15) is 0 Å². The molecule has 2 N–H and O–H groups in total. The number of aromatic nitrogens is 3. The van der Waals surface area contributed by atoms with Crippen molar-refractivity contribution in [1.29, 1.82) is 0 Å². The Morgan fingerprint density at radius 1 is 1.80 bits per heavy atom. The number of carbonyl (C=O) groups excluding carboxylic acids is 1. The van der Waals surface area contributed by atoms with Crippen LogP contribution in [0.4, 0.5) is 5.95 Å². The lowest BCUT2D eigenvalue weighted by atomic mass is 10.1. The minimum Gasteiger partial charge on any atom is -0.432 e. The molecule has 0 fully saturated rings. The molecule has 1 aromatic heterocycles. The molecule has 1 aliphatic rings. The first-order valence-electron chi connectivity index (χ1n) is 4.00. The fraction of sp³-hybridized carbons (Fsp3) is 0.500. The zero-order valence-electron chi connectivity index (χ0n) is 7.71. The van der Waals surface area contributed by atoms with E-state index in [0.29, 0.717) is 0 Å². The highest BCUT2D eigenvalue weighted by molar-refractivity contribution is 5.83. The van der Waals surface area contributed by atoms with Crippen LogP contribution in [0.5, 0.6) is 6.01 Å². The van der Waals surface area contributed by atoms with Gasteiger partial charge in [0.05, 0.1) is 0 Å². The molecule has 0 bridgehead atoms. The van der Waals surface area contributed by atoms with E-state index in [1.807, 2.05) is 0 Å². The van der Waals surface area contributed by atoms with E-state index in [4.69, 9.17) is 10.5 Å². The Bertz CT molecular complexity index is 429. The lowest BCUT2D eigenvalue weighted by molar-refractivity contribution is -0.394. The van der Waals surface area contributed by atoms with E-state index in [9.17, 15) is 14.9 Å². The maximum Gasteiger partial charge on any atom is 0.494 e. The molecule has 2 heterocycles. The number of carbonyl (C=O) groups is 1. The third-order valence-corrected chi connectivity index (χ3v) is 2.08. The highest BCUT2D eigenvalue weighted by atomic mass is 16.6. The molecule has 9 heteroatoms. The van der Waals surface area contributed by atoms with Crippen molar-refractivity contribution in [2.24, 2.45) is 5.73 Å². The number of primary amides is 1. The first-order valence-corrected chi connectivity index (χ1v) is 4.00. The highest BCUT2D eigenvalue weighted by Gasteiger charge is 2.46. The van der Waals surface area contributed by atoms with Gasteiger partial charge < -0.3 is 20.6 Å². The number of hydrogen-bond donors (Lipinski definition) is 1. The number of nitro groups is 1. The number of fused-ring (bicyclic) bond motifs is 1. The second-order valence-corrected chi connectivity index (χ2v) is 3.31. The topological polar surface area (TPSA) is 126 Å². The van der Waals surface area contributed by atoms with Gasteiger partial charge in [-0.05, 0) is 16.8 Å². The van der Waals surface area contributed by atoms with Crippen molar-refractivity contribution in [1.82, 2.24) is 14.8 Å². The van der Waals surface area contributed by atoms with Crippen LogP contribution in [0.15, 0.2) is 0 Å². The van der Waals surface area contributed by atoms with Crippen LogP contribution in [0.3, 0.4) is 0 Å². The van der Waals surface area contributed by atoms with Crippen LogP contribution < -0.4 is 10.5 Å². The van der Waals surface area contributed by atoms with Crippen LogP contribution in [0.1, 0.15) is 6.92 Å². The molecule has 1 aromatic rings. The summed E-state index contributed by atoms with van der Waals surface area (Å²) >= 11 is 0. The second-order valence-electron chi connectivity index (χ2n) is 3.31. The van der Waals surface area contributed by atoms with Gasteiger partial charge in [-0.3, -0.25) is 4.79 Å². The molecule has 15 heavy (non-hydrogen) atoms. The van der Waals surface area contributed by atoms with Crippen molar-refractivity contribution in [2.45, 2.75) is 19.1 Å². The molecular formula is C6H7N5O4. The SMILES string of the molecule is CC1(C(N)=O)Cn2nc([N+](=O)[O-])nc2O1. The third-order valence-electron chi connectivity index (χ3n) is 2.08. The molecule has 9 nitrogen and oxygen atoms in total. The summed E-state index contributed by atoms with van der Waals surface area (Å²) in [4.78, 5) is 24.1. The number of rotatable bonds is 2. The van der Waals surface area contributed by atoms with E-state index in [2.05, 4.69) is 10.1 Å². The molecule has 2 rings (SSSR count). The lowest BCUT2D eigenvalue weighted by Crippen LogP contribution is -2.45. The molecule has 0 saturated carbocycles. The number of amides is 1. The van der Waals surface area contributed by atoms with Crippen LogP contribution >= 0.6 is 0 Å². The van der Waals surface area contributed by atoms with Gasteiger partial charge in [0.25, 0.3) is 5.91 Å². The van der Waals surface area contributed by atoms with Crippen molar-refractivity contribution in [3.63, 3.8) is 0 Å². The van der Waals surface area contributed by atoms with Gasteiger partial charge in [0.1, 0.15) is 6.54 Å². The Labute approximate surface area is 83.0 Å². The van der Waals surface area contributed by atoms with Crippen LogP contribution in [-0.4, -0.2) is 31.2 Å². The Hall–Kier alpha value is -2.19. The zero-order valence-corrected chi connectivity index (χ0v) is 7.71. The minimum atomic E-state index is -1.23. The van der Waals surface area contributed by atoms with Gasteiger partial charge in [0, 0.05) is 5.10 Å². The summed E-state index contributed by atoms with van der Waals surface area (Å²) in [5.41, 5.74) is 3.87. The largest absolute Gasteiger partial charge is 0.494 e. The molecule has 0 aliphatic carbocycles. The van der Waals surface area contributed by atoms with Gasteiger partial charge >= 0.3 is 12.0 Å². The molecule has 0 aromatic carbocycles. The quantitative estimate of drug-likeness (QED) is 0.486.